The predicted molar refractivity (Wildman–Crippen MR) is 60.8 cm³/mol. The van der Waals surface area contributed by atoms with Crippen molar-refractivity contribution in [2.45, 2.75) is 12.5 Å². The Hall–Kier alpha value is -2.75. The smallest absolute Gasteiger partial charge is 0.242 e. The maximum absolute atomic E-state index is 11.9. The third-order valence-corrected chi connectivity index (χ3v) is 2.33. The molecule has 1 heterocycles. The lowest BCUT2D eigenvalue weighted by Gasteiger charge is -2.08. The Kier molecular flexibility index (Phi) is 3.61. The summed E-state index contributed by atoms with van der Waals surface area (Å²) in [4.78, 5) is 11.9. The summed E-state index contributed by atoms with van der Waals surface area (Å²) in [5.41, 5.74) is 0.658. The van der Waals surface area contributed by atoms with E-state index in [1.807, 2.05) is 12.1 Å². The van der Waals surface area contributed by atoms with Gasteiger partial charge in [-0.2, -0.15) is 10.5 Å². The Morgan fingerprint density at radius 2 is 2.22 bits per heavy atom. The molecule has 2 aromatic rings. The Morgan fingerprint density at radius 3 is 2.83 bits per heavy atom. The van der Waals surface area contributed by atoms with Gasteiger partial charge >= 0.3 is 0 Å². The van der Waals surface area contributed by atoms with Crippen LogP contribution in [-0.2, 0) is 11.3 Å². The molecule has 0 spiro atoms. The number of aromatic amines is 1. The monoisotopic (exact) mass is 242 g/mol. The van der Waals surface area contributed by atoms with Gasteiger partial charge in [0.05, 0.1) is 12.6 Å². The normalized spacial score (nSPS) is 11.5. The van der Waals surface area contributed by atoms with Crippen LogP contribution in [0.25, 0.3) is 0 Å². The van der Waals surface area contributed by atoms with Gasteiger partial charge in [-0.15, -0.1) is 10.2 Å². The van der Waals surface area contributed by atoms with Crippen LogP contribution in [0, 0.1) is 11.3 Å². The molecule has 0 saturated heterocycles. The Balaban J connectivity index is 2.01. The van der Waals surface area contributed by atoms with E-state index in [0.717, 1.165) is 0 Å². The van der Waals surface area contributed by atoms with Crippen LogP contribution in [0.5, 0.6) is 0 Å². The van der Waals surface area contributed by atoms with E-state index >= 15 is 0 Å². The van der Waals surface area contributed by atoms with Crippen molar-refractivity contribution in [2.24, 2.45) is 0 Å². The van der Waals surface area contributed by atoms with Crippen molar-refractivity contribution in [3.63, 3.8) is 0 Å². The largest absolute Gasteiger partial charge is 0.347 e. The van der Waals surface area contributed by atoms with Gasteiger partial charge in [-0.25, -0.2) is 0 Å². The fraction of sp³-hybridized carbons (Fsp3) is 0.182. The zero-order chi connectivity index (χ0) is 12.8. The number of nitriles is 1. The third-order valence-electron chi connectivity index (χ3n) is 2.33. The van der Waals surface area contributed by atoms with E-state index in [4.69, 9.17) is 5.26 Å². The molecule has 18 heavy (non-hydrogen) atoms. The molecule has 90 valence electrons. The predicted octanol–water partition coefficient (Wildman–Crippen LogP) is 0.123. The molecule has 7 nitrogen and oxygen atoms in total. The average Bonchev–Trinajstić information content (AvgIpc) is 2.92. The lowest BCUT2D eigenvalue weighted by Crippen LogP contribution is -2.28. The van der Waals surface area contributed by atoms with Gasteiger partial charge in [0.2, 0.25) is 5.91 Å². The maximum Gasteiger partial charge on any atom is 0.242 e. The Bertz CT molecular complexity index is 545. The summed E-state index contributed by atoms with van der Waals surface area (Å²) in [7, 11) is 0. The summed E-state index contributed by atoms with van der Waals surface area (Å²) in [6.45, 7) is 0.139. The second-order valence-corrected chi connectivity index (χ2v) is 3.52. The molecular formula is C11H10N6O. The van der Waals surface area contributed by atoms with Gasteiger partial charge in [0, 0.05) is 0 Å². The summed E-state index contributed by atoms with van der Waals surface area (Å²) in [6, 6.07) is 10.8. The fourth-order valence-corrected chi connectivity index (χ4v) is 1.46. The van der Waals surface area contributed by atoms with Gasteiger partial charge in [0.25, 0.3) is 0 Å². The van der Waals surface area contributed by atoms with E-state index in [2.05, 4.69) is 25.9 Å². The quantitative estimate of drug-likeness (QED) is 0.791. The molecule has 1 aromatic heterocycles. The third kappa shape index (κ3) is 2.68. The Morgan fingerprint density at radius 1 is 1.44 bits per heavy atom. The topological polar surface area (TPSA) is 107 Å². The molecule has 0 aliphatic carbocycles. The van der Waals surface area contributed by atoms with E-state index in [9.17, 15) is 4.79 Å². The number of H-pyrrole nitrogens is 1. The van der Waals surface area contributed by atoms with Gasteiger partial charge in [0.15, 0.2) is 5.82 Å². The minimum absolute atomic E-state index is 0.139. The highest BCUT2D eigenvalue weighted by atomic mass is 16.1. The molecule has 0 aliphatic heterocycles. The van der Waals surface area contributed by atoms with Crippen LogP contribution in [0.1, 0.15) is 17.3 Å². The number of carbonyl (C=O) groups is 1. The molecule has 0 aliphatic rings. The van der Waals surface area contributed by atoms with Crippen LogP contribution in [0.4, 0.5) is 0 Å². The average molecular weight is 242 g/mol. The molecule has 2 N–H and O–H groups in total. The first kappa shape index (κ1) is 11.7. The summed E-state index contributed by atoms with van der Waals surface area (Å²) in [5.74, 6) is -0.847. The molecule has 1 aromatic carbocycles. The second kappa shape index (κ2) is 5.54. The zero-order valence-corrected chi connectivity index (χ0v) is 9.37. The maximum atomic E-state index is 11.9. The number of hydrogen-bond acceptors (Lipinski definition) is 5. The number of hydrogen-bond donors (Lipinski definition) is 2. The summed E-state index contributed by atoms with van der Waals surface area (Å²) in [6.07, 6.45) is 0. The highest BCUT2D eigenvalue weighted by Gasteiger charge is 2.19. The van der Waals surface area contributed by atoms with E-state index in [-0.39, 0.29) is 12.5 Å². The van der Waals surface area contributed by atoms with Crippen molar-refractivity contribution in [3.05, 3.63) is 41.7 Å². The molecule has 1 amide bonds. The summed E-state index contributed by atoms with van der Waals surface area (Å²) in [5, 5.41) is 24.7. The van der Waals surface area contributed by atoms with E-state index in [1.165, 1.54) is 0 Å². The molecule has 0 radical (unpaired) electrons. The lowest BCUT2D eigenvalue weighted by molar-refractivity contribution is -0.121. The molecule has 0 bridgehead atoms. The number of rotatable bonds is 4. The van der Waals surface area contributed by atoms with Crippen molar-refractivity contribution >= 4 is 5.91 Å². The molecular weight excluding hydrogens is 232 g/mol. The first-order valence-electron chi connectivity index (χ1n) is 5.26. The van der Waals surface area contributed by atoms with Gasteiger partial charge in [-0.05, 0) is 5.56 Å². The van der Waals surface area contributed by atoms with Crippen molar-refractivity contribution < 1.29 is 4.79 Å². The number of tetrazole rings is 1. The fourth-order valence-electron chi connectivity index (χ4n) is 1.46. The van der Waals surface area contributed by atoms with Gasteiger partial charge in [-0.1, -0.05) is 35.5 Å². The minimum Gasteiger partial charge on any atom is -0.347 e. The highest BCUT2D eigenvalue weighted by molar-refractivity contribution is 5.86. The van der Waals surface area contributed by atoms with Crippen molar-refractivity contribution in [2.75, 3.05) is 0 Å². The van der Waals surface area contributed by atoms with Crippen LogP contribution in [0.2, 0.25) is 0 Å². The second-order valence-electron chi connectivity index (χ2n) is 3.52. The van der Waals surface area contributed by atoms with Gasteiger partial charge in [-0.3, -0.25) is 4.79 Å². The number of carbonyl (C=O) groups excluding carboxylic acids is 1. The van der Waals surface area contributed by atoms with Gasteiger partial charge in [0.1, 0.15) is 5.92 Å². The molecule has 0 fully saturated rings. The first-order valence-corrected chi connectivity index (χ1v) is 5.26. The number of aromatic nitrogens is 4. The van der Waals surface area contributed by atoms with Crippen molar-refractivity contribution in [1.29, 1.82) is 5.26 Å². The van der Waals surface area contributed by atoms with E-state index in [0.29, 0.717) is 11.4 Å². The van der Waals surface area contributed by atoms with E-state index < -0.39 is 5.92 Å². The van der Waals surface area contributed by atoms with E-state index in [1.54, 1.807) is 24.3 Å². The zero-order valence-electron chi connectivity index (χ0n) is 9.37. The standard InChI is InChI=1S/C11H10N6O/c12-6-9(8-4-2-1-3-5-8)11(18)13-7-10-14-16-17-15-10/h1-5,9H,7H2,(H,13,18)(H,14,15,16,17). The summed E-state index contributed by atoms with van der Waals surface area (Å²) < 4.78 is 0. The number of nitrogens with zero attached hydrogens (tertiary/aromatic N) is 4. The molecule has 7 heteroatoms. The SMILES string of the molecule is N#CC(C(=O)NCc1nn[nH]n1)c1ccccc1. The summed E-state index contributed by atoms with van der Waals surface area (Å²) >= 11 is 0. The molecule has 1 unspecified atom stereocenters. The lowest BCUT2D eigenvalue weighted by atomic mass is 10.00. The van der Waals surface area contributed by atoms with Crippen LogP contribution in [0.3, 0.4) is 0 Å². The number of benzene rings is 1. The minimum atomic E-state index is -0.835. The highest BCUT2D eigenvalue weighted by Crippen LogP contribution is 2.14. The van der Waals surface area contributed by atoms with Crippen LogP contribution < -0.4 is 5.32 Å². The van der Waals surface area contributed by atoms with Crippen LogP contribution in [-0.4, -0.2) is 26.5 Å². The van der Waals surface area contributed by atoms with Crippen LogP contribution >= 0.6 is 0 Å². The van der Waals surface area contributed by atoms with Crippen LogP contribution in [0.15, 0.2) is 30.3 Å². The van der Waals surface area contributed by atoms with Gasteiger partial charge < -0.3 is 5.32 Å². The molecule has 0 saturated carbocycles. The van der Waals surface area contributed by atoms with Crippen molar-refractivity contribution in [3.8, 4) is 6.07 Å². The number of amides is 1. The Labute approximate surface area is 103 Å². The van der Waals surface area contributed by atoms with Crippen molar-refractivity contribution in [1.82, 2.24) is 25.9 Å². The number of nitrogens with one attached hydrogen (secondary N) is 2. The molecule has 2 rings (SSSR count). The first-order chi connectivity index (χ1) is 8.81. The molecule has 1 atom stereocenters.